The van der Waals surface area contributed by atoms with Crippen LogP contribution in [0.25, 0.3) is 0 Å². The molecule has 3 heterocycles. The highest BCUT2D eigenvalue weighted by Crippen LogP contribution is 2.36. The van der Waals surface area contributed by atoms with Crippen LogP contribution in [-0.4, -0.2) is 41.3 Å². The molecule has 1 spiro atoms. The van der Waals surface area contributed by atoms with E-state index in [1.807, 2.05) is 6.92 Å². The molecule has 2 aliphatic rings. The zero-order valence-electron chi connectivity index (χ0n) is 10.9. The molecule has 1 aromatic rings. The Kier molecular flexibility index (Phi) is 3.34. The Balaban J connectivity index is 1.68. The highest BCUT2D eigenvalue weighted by atomic mass is 35.5. The van der Waals surface area contributed by atoms with Crippen LogP contribution in [0.15, 0.2) is 0 Å². The SMILES string of the molecule is Cc1[nH]nc(CN2CCC[C@@]3(CCNC3)C2)c1Cl. The van der Waals surface area contributed by atoms with Crippen molar-refractivity contribution >= 4 is 11.6 Å². The van der Waals surface area contributed by atoms with Gasteiger partial charge in [0.2, 0.25) is 0 Å². The third-order valence-corrected chi connectivity index (χ3v) is 4.89. The first-order chi connectivity index (χ1) is 8.69. The van der Waals surface area contributed by atoms with Crippen LogP contribution in [0.3, 0.4) is 0 Å². The maximum atomic E-state index is 6.25. The van der Waals surface area contributed by atoms with Gasteiger partial charge in [-0.15, -0.1) is 0 Å². The molecule has 1 atom stereocenters. The third kappa shape index (κ3) is 2.29. The number of halogens is 1. The summed E-state index contributed by atoms with van der Waals surface area (Å²) in [6, 6.07) is 0. The van der Waals surface area contributed by atoms with E-state index in [0.29, 0.717) is 5.41 Å². The second kappa shape index (κ2) is 4.83. The molecule has 5 heteroatoms. The number of rotatable bonds is 2. The van der Waals surface area contributed by atoms with Gasteiger partial charge in [0.05, 0.1) is 16.4 Å². The molecule has 2 N–H and O–H groups in total. The van der Waals surface area contributed by atoms with Gasteiger partial charge in [0.1, 0.15) is 0 Å². The van der Waals surface area contributed by atoms with Crippen LogP contribution in [0.4, 0.5) is 0 Å². The van der Waals surface area contributed by atoms with Crippen LogP contribution in [0, 0.1) is 12.3 Å². The summed E-state index contributed by atoms with van der Waals surface area (Å²) < 4.78 is 0. The van der Waals surface area contributed by atoms with Crippen molar-refractivity contribution in [2.45, 2.75) is 32.7 Å². The molecule has 0 unspecified atom stereocenters. The molecule has 0 saturated carbocycles. The lowest BCUT2D eigenvalue weighted by atomic mass is 9.79. The maximum absolute atomic E-state index is 6.25. The zero-order chi connectivity index (χ0) is 12.6. The van der Waals surface area contributed by atoms with E-state index in [4.69, 9.17) is 11.6 Å². The van der Waals surface area contributed by atoms with Gasteiger partial charge in [0, 0.05) is 19.6 Å². The Bertz CT molecular complexity index is 423. The van der Waals surface area contributed by atoms with Crippen molar-refractivity contribution in [3.63, 3.8) is 0 Å². The van der Waals surface area contributed by atoms with Gasteiger partial charge in [-0.05, 0) is 44.7 Å². The summed E-state index contributed by atoms with van der Waals surface area (Å²) in [4.78, 5) is 2.51. The number of nitrogens with zero attached hydrogens (tertiary/aromatic N) is 2. The fraction of sp³-hybridized carbons (Fsp3) is 0.769. The molecular weight excluding hydrogens is 248 g/mol. The van der Waals surface area contributed by atoms with Gasteiger partial charge in [-0.25, -0.2) is 0 Å². The van der Waals surface area contributed by atoms with E-state index in [1.165, 1.54) is 45.4 Å². The molecule has 100 valence electrons. The number of aromatic nitrogens is 2. The molecule has 1 aromatic heterocycles. The van der Waals surface area contributed by atoms with Gasteiger partial charge >= 0.3 is 0 Å². The Morgan fingerprint density at radius 1 is 1.44 bits per heavy atom. The lowest BCUT2D eigenvalue weighted by Crippen LogP contribution is -2.44. The number of piperidine rings is 1. The van der Waals surface area contributed by atoms with E-state index < -0.39 is 0 Å². The van der Waals surface area contributed by atoms with Crippen LogP contribution < -0.4 is 5.32 Å². The molecule has 0 aromatic carbocycles. The molecule has 3 rings (SSSR count). The second-order valence-electron chi connectivity index (χ2n) is 5.85. The molecule has 2 fully saturated rings. The monoisotopic (exact) mass is 268 g/mol. The zero-order valence-corrected chi connectivity index (χ0v) is 11.7. The predicted molar refractivity (Wildman–Crippen MR) is 72.8 cm³/mol. The van der Waals surface area contributed by atoms with E-state index in [9.17, 15) is 0 Å². The number of nitrogens with one attached hydrogen (secondary N) is 2. The summed E-state index contributed by atoms with van der Waals surface area (Å²) >= 11 is 6.25. The Morgan fingerprint density at radius 2 is 2.33 bits per heavy atom. The standard InChI is InChI=1S/C13H21ClN4/c1-10-12(14)11(17-16-10)7-18-6-2-3-13(9-18)4-5-15-8-13/h15H,2-9H2,1H3,(H,16,17)/t13-/m0/s1. The lowest BCUT2D eigenvalue weighted by molar-refractivity contribution is 0.0968. The van der Waals surface area contributed by atoms with Crippen molar-refractivity contribution in [1.29, 1.82) is 0 Å². The average Bonchev–Trinajstić information content (AvgIpc) is 2.92. The van der Waals surface area contributed by atoms with Crippen molar-refractivity contribution < 1.29 is 0 Å². The van der Waals surface area contributed by atoms with Crippen molar-refractivity contribution in [1.82, 2.24) is 20.4 Å². The van der Waals surface area contributed by atoms with Gasteiger partial charge in [-0.3, -0.25) is 10.00 Å². The van der Waals surface area contributed by atoms with Crippen molar-refractivity contribution in [2.24, 2.45) is 5.41 Å². The van der Waals surface area contributed by atoms with Gasteiger partial charge in [0.25, 0.3) is 0 Å². The summed E-state index contributed by atoms with van der Waals surface area (Å²) in [6.45, 7) is 7.56. The predicted octanol–water partition coefficient (Wildman–Crippen LogP) is 1.95. The summed E-state index contributed by atoms with van der Waals surface area (Å²) in [6.07, 6.45) is 3.98. The molecule has 18 heavy (non-hydrogen) atoms. The van der Waals surface area contributed by atoms with Crippen LogP contribution in [0.2, 0.25) is 5.02 Å². The van der Waals surface area contributed by atoms with Crippen LogP contribution in [0.5, 0.6) is 0 Å². The first-order valence-electron chi connectivity index (χ1n) is 6.81. The molecular formula is C13H21ClN4. The number of H-pyrrole nitrogens is 1. The lowest BCUT2D eigenvalue weighted by Gasteiger charge is -2.39. The van der Waals surface area contributed by atoms with Crippen molar-refractivity contribution in [2.75, 3.05) is 26.2 Å². The smallest absolute Gasteiger partial charge is 0.0951 e. The topological polar surface area (TPSA) is 44.0 Å². The number of aryl methyl sites for hydroxylation is 1. The number of hydrogen-bond donors (Lipinski definition) is 2. The molecule has 2 aliphatic heterocycles. The fourth-order valence-corrected chi connectivity index (χ4v) is 3.52. The van der Waals surface area contributed by atoms with Crippen LogP contribution in [-0.2, 0) is 6.54 Å². The molecule has 4 nitrogen and oxygen atoms in total. The largest absolute Gasteiger partial charge is 0.316 e. The summed E-state index contributed by atoms with van der Waals surface area (Å²) in [5, 5.41) is 11.6. The van der Waals surface area contributed by atoms with Gasteiger partial charge in [-0.2, -0.15) is 5.10 Å². The Hall–Kier alpha value is -0.580. The Labute approximate surface area is 113 Å². The minimum atomic E-state index is 0.510. The minimum Gasteiger partial charge on any atom is -0.316 e. The van der Waals surface area contributed by atoms with Gasteiger partial charge < -0.3 is 5.32 Å². The first kappa shape index (κ1) is 12.5. The Morgan fingerprint density at radius 3 is 3.00 bits per heavy atom. The first-order valence-corrected chi connectivity index (χ1v) is 7.19. The van der Waals surface area contributed by atoms with Crippen LogP contribution in [0.1, 0.15) is 30.7 Å². The summed E-state index contributed by atoms with van der Waals surface area (Å²) in [5.41, 5.74) is 2.48. The number of aromatic amines is 1. The second-order valence-corrected chi connectivity index (χ2v) is 6.23. The molecule has 0 amide bonds. The minimum absolute atomic E-state index is 0.510. The molecule has 0 bridgehead atoms. The normalized spacial score (nSPS) is 29.2. The van der Waals surface area contributed by atoms with E-state index in [-0.39, 0.29) is 0 Å². The van der Waals surface area contributed by atoms with E-state index >= 15 is 0 Å². The highest BCUT2D eigenvalue weighted by Gasteiger charge is 2.38. The van der Waals surface area contributed by atoms with E-state index in [0.717, 1.165) is 23.0 Å². The highest BCUT2D eigenvalue weighted by molar-refractivity contribution is 6.31. The summed E-state index contributed by atoms with van der Waals surface area (Å²) in [7, 11) is 0. The number of hydrogen-bond acceptors (Lipinski definition) is 3. The number of likely N-dealkylation sites (tertiary alicyclic amines) is 1. The fourth-order valence-electron chi connectivity index (χ4n) is 3.37. The average molecular weight is 269 g/mol. The summed E-state index contributed by atoms with van der Waals surface area (Å²) in [5.74, 6) is 0. The molecule has 0 aliphatic carbocycles. The molecule has 2 saturated heterocycles. The van der Waals surface area contributed by atoms with Gasteiger partial charge in [-0.1, -0.05) is 11.6 Å². The third-order valence-electron chi connectivity index (χ3n) is 4.39. The molecule has 0 radical (unpaired) electrons. The van der Waals surface area contributed by atoms with Gasteiger partial charge in [0.15, 0.2) is 0 Å². The van der Waals surface area contributed by atoms with E-state index in [1.54, 1.807) is 0 Å². The quantitative estimate of drug-likeness (QED) is 0.862. The van der Waals surface area contributed by atoms with E-state index in [2.05, 4.69) is 20.4 Å². The van der Waals surface area contributed by atoms with Crippen LogP contribution >= 0.6 is 11.6 Å². The van der Waals surface area contributed by atoms with Crippen molar-refractivity contribution in [3.8, 4) is 0 Å². The van der Waals surface area contributed by atoms with Crippen molar-refractivity contribution in [3.05, 3.63) is 16.4 Å². The maximum Gasteiger partial charge on any atom is 0.0951 e.